The molecule has 1 aromatic carbocycles. The minimum absolute atomic E-state index is 1.19. The van der Waals surface area contributed by atoms with E-state index in [1.54, 1.807) is 5.56 Å². The predicted molar refractivity (Wildman–Crippen MR) is 117 cm³/mol. The highest BCUT2D eigenvalue weighted by atomic mass is 15.0. The lowest BCUT2D eigenvalue weighted by Gasteiger charge is -2.09. The zero-order valence-corrected chi connectivity index (χ0v) is 17.7. The second kappa shape index (κ2) is 12.2. The molecule has 26 heavy (non-hydrogen) atoms. The maximum Gasteiger partial charge on any atom is 0.0485 e. The van der Waals surface area contributed by atoms with Gasteiger partial charge in [0.25, 0.3) is 0 Å². The van der Waals surface area contributed by atoms with Crippen LogP contribution in [0.15, 0.2) is 24.3 Å². The van der Waals surface area contributed by atoms with E-state index in [2.05, 4.69) is 49.6 Å². The summed E-state index contributed by atoms with van der Waals surface area (Å²) in [5.74, 6) is 0. The summed E-state index contributed by atoms with van der Waals surface area (Å²) < 4.78 is 2.60. The largest absolute Gasteiger partial charge is 0.345 e. The van der Waals surface area contributed by atoms with Gasteiger partial charge >= 0.3 is 0 Å². The minimum atomic E-state index is 1.19. The van der Waals surface area contributed by atoms with Gasteiger partial charge in [0.2, 0.25) is 0 Å². The Hall–Kier alpha value is -1.24. The van der Waals surface area contributed by atoms with Crippen molar-refractivity contribution in [3.8, 4) is 0 Å². The summed E-state index contributed by atoms with van der Waals surface area (Å²) in [7, 11) is 0. The zero-order chi connectivity index (χ0) is 18.6. The van der Waals surface area contributed by atoms with Crippen molar-refractivity contribution in [2.24, 2.45) is 0 Å². The Morgan fingerprint density at radius 3 is 1.96 bits per heavy atom. The lowest BCUT2D eigenvalue weighted by atomic mass is 10.0. The van der Waals surface area contributed by atoms with Crippen LogP contribution in [0.2, 0.25) is 0 Å². The molecule has 0 aliphatic carbocycles. The topological polar surface area (TPSA) is 4.93 Å². The van der Waals surface area contributed by atoms with Crippen LogP contribution in [0, 0.1) is 6.92 Å². The van der Waals surface area contributed by atoms with Crippen LogP contribution in [0.5, 0.6) is 0 Å². The first-order valence-corrected chi connectivity index (χ1v) is 11.4. The van der Waals surface area contributed by atoms with Crippen molar-refractivity contribution in [2.75, 3.05) is 0 Å². The number of benzene rings is 1. The smallest absolute Gasteiger partial charge is 0.0485 e. The fourth-order valence-electron chi connectivity index (χ4n) is 4.24. The van der Waals surface area contributed by atoms with Crippen LogP contribution in [0.4, 0.5) is 0 Å². The van der Waals surface area contributed by atoms with Crippen molar-refractivity contribution >= 4 is 10.9 Å². The lowest BCUT2D eigenvalue weighted by molar-refractivity contribution is 0.559. The van der Waals surface area contributed by atoms with Crippen LogP contribution in [-0.2, 0) is 13.0 Å². The molecule has 0 bridgehead atoms. The lowest BCUT2D eigenvalue weighted by Crippen LogP contribution is -2.01. The molecular weight excluding hydrogens is 314 g/mol. The van der Waals surface area contributed by atoms with E-state index in [-0.39, 0.29) is 0 Å². The van der Waals surface area contributed by atoms with Gasteiger partial charge in [-0.25, -0.2) is 0 Å². The first-order valence-electron chi connectivity index (χ1n) is 11.4. The summed E-state index contributed by atoms with van der Waals surface area (Å²) in [5.41, 5.74) is 4.59. The maximum absolute atomic E-state index is 2.60. The molecule has 0 aliphatic rings. The summed E-state index contributed by atoms with van der Waals surface area (Å²) in [6.07, 6.45) is 17.8. The first kappa shape index (κ1) is 21.1. The number of fused-ring (bicyclic) bond motifs is 1. The molecule has 1 heteroatoms. The van der Waals surface area contributed by atoms with Gasteiger partial charge in [-0.15, -0.1) is 0 Å². The molecule has 2 aromatic rings. The second-order valence-corrected chi connectivity index (χ2v) is 8.02. The molecule has 1 aromatic heterocycles. The third kappa shape index (κ3) is 6.18. The first-order chi connectivity index (χ1) is 12.8. The Kier molecular flexibility index (Phi) is 9.89. The van der Waals surface area contributed by atoms with Crippen LogP contribution < -0.4 is 0 Å². The Morgan fingerprint density at radius 1 is 0.692 bits per heavy atom. The van der Waals surface area contributed by atoms with Crippen molar-refractivity contribution in [1.29, 1.82) is 0 Å². The summed E-state index contributed by atoms with van der Waals surface area (Å²) in [6, 6.07) is 9.08. The Bertz CT molecular complexity index is 569. The van der Waals surface area contributed by atoms with Crippen LogP contribution in [0.3, 0.4) is 0 Å². The molecule has 0 saturated heterocycles. The number of hydrogen-bond acceptors (Lipinski definition) is 0. The van der Waals surface area contributed by atoms with Crippen molar-refractivity contribution in [2.45, 2.75) is 111 Å². The molecule has 0 amide bonds. The van der Waals surface area contributed by atoms with Gasteiger partial charge in [0.1, 0.15) is 0 Å². The molecule has 1 heterocycles. The third-order valence-electron chi connectivity index (χ3n) is 5.88. The van der Waals surface area contributed by atoms with Gasteiger partial charge in [-0.1, -0.05) is 96.3 Å². The zero-order valence-electron chi connectivity index (χ0n) is 17.7. The molecular formula is C25H41N. The van der Waals surface area contributed by atoms with E-state index in [4.69, 9.17) is 0 Å². The van der Waals surface area contributed by atoms with Crippen LogP contribution in [0.25, 0.3) is 10.9 Å². The van der Waals surface area contributed by atoms with E-state index in [1.807, 2.05) is 0 Å². The number of nitrogens with zero attached hydrogens (tertiary/aromatic N) is 1. The van der Waals surface area contributed by atoms with Gasteiger partial charge in [0, 0.05) is 23.1 Å². The number of aromatic nitrogens is 1. The van der Waals surface area contributed by atoms with Crippen LogP contribution >= 0.6 is 0 Å². The highest BCUT2D eigenvalue weighted by Crippen LogP contribution is 2.28. The number of rotatable bonds is 14. The van der Waals surface area contributed by atoms with E-state index in [0.29, 0.717) is 0 Å². The normalized spacial score (nSPS) is 11.5. The molecule has 1 nitrogen and oxygen atoms in total. The van der Waals surface area contributed by atoms with Gasteiger partial charge in [0.15, 0.2) is 0 Å². The monoisotopic (exact) mass is 355 g/mol. The SMILES string of the molecule is CCCCCCCCc1c(C)n(CCCCCCCC)c2ccccc12. The molecule has 0 aliphatic heterocycles. The quantitative estimate of drug-likeness (QED) is 0.301. The van der Waals surface area contributed by atoms with Crippen molar-refractivity contribution in [1.82, 2.24) is 4.57 Å². The molecule has 0 unspecified atom stereocenters. The molecule has 146 valence electrons. The average Bonchev–Trinajstić information content (AvgIpc) is 2.93. The standard InChI is InChI=1S/C25H41N/c1-4-6-8-10-12-14-18-23-22(3)26(21-17-13-11-9-7-5-2)25-20-16-15-19-24(23)25/h15-16,19-20H,4-14,17-18,21H2,1-3H3. The van der Waals surface area contributed by atoms with Gasteiger partial charge in [-0.05, 0) is 37.8 Å². The summed E-state index contributed by atoms with van der Waals surface area (Å²) in [6.45, 7) is 8.13. The molecule has 0 N–H and O–H groups in total. The summed E-state index contributed by atoms with van der Waals surface area (Å²) in [5, 5.41) is 1.50. The predicted octanol–water partition coefficient (Wildman–Crippen LogP) is 8.21. The van der Waals surface area contributed by atoms with Gasteiger partial charge in [0.05, 0.1) is 0 Å². The Balaban J connectivity index is 1.94. The number of unbranched alkanes of at least 4 members (excludes halogenated alkanes) is 10. The van der Waals surface area contributed by atoms with E-state index < -0.39 is 0 Å². The van der Waals surface area contributed by atoms with Crippen molar-refractivity contribution < 1.29 is 0 Å². The third-order valence-corrected chi connectivity index (χ3v) is 5.88. The van der Waals surface area contributed by atoms with Crippen molar-refractivity contribution in [3.63, 3.8) is 0 Å². The van der Waals surface area contributed by atoms with Crippen LogP contribution in [-0.4, -0.2) is 4.57 Å². The highest BCUT2D eigenvalue weighted by Gasteiger charge is 2.13. The summed E-state index contributed by atoms with van der Waals surface area (Å²) in [4.78, 5) is 0. The van der Waals surface area contributed by atoms with Gasteiger partial charge in [-0.3, -0.25) is 0 Å². The van der Waals surface area contributed by atoms with E-state index in [9.17, 15) is 0 Å². The summed E-state index contributed by atoms with van der Waals surface area (Å²) >= 11 is 0. The molecule has 0 radical (unpaired) electrons. The van der Waals surface area contributed by atoms with Gasteiger partial charge in [-0.2, -0.15) is 0 Å². The maximum atomic E-state index is 2.60. The highest BCUT2D eigenvalue weighted by molar-refractivity contribution is 5.85. The number of para-hydroxylation sites is 1. The Labute approximate surface area is 162 Å². The average molecular weight is 356 g/mol. The molecule has 2 rings (SSSR count). The number of aryl methyl sites for hydroxylation is 2. The fraction of sp³-hybridized carbons (Fsp3) is 0.680. The van der Waals surface area contributed by atoms with E-state index >= 15 is 0 Å². The molecule has 0 saturated carbocycles. The second-order valence-electron chi connectivity index (χ2n) is 8.02. The van der Waals surface area contributed by atoms with Crippen LogP contribution in [0.1, 0.15) is 102 Å². The molecule has 0 fully saturated rings. The minimum Gasteiger partial charge on any atom is -0.345 e. The molecule has 0 atom stereocenters. The fourth-order valence-corrected chi connectivity index (χ4v) is 4.24. The number of hydrogen-bond donors (Lipinski definition) is 0. The van der Waals surface area contributed by atoms with Crippen molar-refractivity contribution in [3.05, 3.63) is 35.5 Å². The van der Waals surface area contributed by atoms with E-state index in [1.165, 1.54) is 107 Å². The van der Waals surface area contributed by atoms with E-state index in [0.717, 1.165) is 0 Å². The molecule has 0 spiro atoms. The van der Waals surface area contributed by atoms with Gasteiger partial charge < -0.3 is 4.57 Å². The Morgan fingerprint density at radius 2 is 1.27 bits per heavy atom.